The van der Waals surface area contributed by atoms with Crippen LogP contribution < -0.4 is 11.1 Å². The molecule has 0 bridgehead atoms. The van der Waals surface area contributed by atoms with E-state index in [9.17, 15) is 4.79 Å². The van der Waals surface area contributed by atoms with Crippen molar-refractivity contribution in [2.75, 3.05) is 6.61 Å². The van der Waals surface area contributed by atoms with Crippen molar-refractivity contribution in [2.24, 2.45) is 11.1 Å². The minimum Gasteiger partial charge on any atom is -0.378 e. The predicted molar refractivity (Wildman–Crippen MR) is 91.0 cm³/mol. The maximum absolute atomic E-state index is 12.5. The van der Waals surface area contributed by atoms with Crippen molar-refractivity contribution in [3.8, 4) is 0 Å². The van der Waals surface area contributed by atoms with E-state index >= 15 is 0 Å². The van der Waals surface area contributed by atoms with E-state index in [1.54, 1.807) is 0 Å². The Morgan fingerprint density at radius 1 is 1.36 bits per heavy atom. The van der Waals surface area contributed by atoms with Crippen LogP contribution in [0.3, 0.4) is 0 Å². The van der Waals surface area contributed by atoms with Gasteiger partial charge in [0.1, 0.15) is 5.54 Å². The average Bonchev–Trinajstić information content (AvgIpc) is 2.45. The number of hydrogen-bond donors (Lipinski definition) is 2. The lowest BCUT2D eigenvalue weighted by Crippen LogP contribution is -2.75. The number of carbonyl (C=O) groups excluding carboxylic acids is 1. The van der Waals surface area contributed by atoms with E-state index in [0.717, 1.165) is 5.56 Å². The van der Waals surface area contributed by atoms with Crippen LogP contribution in [0.25, 0.3) is 0 Å². The molecule has 2 atom stereocenters. The van der Waals surface area contributed by atoms with Crippen LogP contribution in [0.1, 0.15) is 38.3 Å². The summed E-state index contributed by atoms with van der Waals surface area (Å²) in [6.07, 6.45) is 0.630. The fraction of sp³-hybridized carbons (Fsp3) is 0.588. The second kappa shape index (κ2) is 6.99. The summed E-state index contributed by atoms with van der Waals surface area (Å²) in [5.74, 6) is -0.0935. The Labute approximate surface area is 139 Å². The molecule has 0 heterocycles. The van der Waals surface area contributed by atoms with Gasteiger partial charge in [-0.1, -0.05) is 43.7 Å². The minimum atomic E-state index is -0.850. The van der Waals surface area contributed by atoms with Gasteiger partial charge in [0.15, 0.2) is 0 Å². The molecule has 1 aliphatic rings. The largest absolute Gasteiger partial charge is 0.378 e. The monoisotopic (exact) mass is 326 g/mol. The smallest absolute Gasteiger partial charge is 0.241 e. The fourth-order valence-electron chi connectivity index (χ4n) is 2.87. The Balaban J connectivity index is 0.00000242. The average molecular weight is 327 g/mol. The van der Waals surface area contributed by atoms with Crippen LogP contribution in [0.2, 0.25) is 0 Å². The number of amides is 1. The number of benzene rings is 1. The van der Waals surface area contributed by atoms with Crippen molar-refractivity contribution in [3.05, 3.63) is 35.4 Å². The van der Waals surface area contributed by atoms with Crippen LogP contribution in [0, 0.1) is 12.3 Å². The SMILES string of the molecule is CCOC1CC(N)(C(=O)NCc2ccc(C)cc2)C1(C)C.Cl. The summed E-state index contributed by atoms with van der Waals surface area (Å²) >= 11 is 0. The summed E-state index contributed by atoms with van der Waals surface area (Å²) in [6, 6.07) is 8.12. The molecule has 0 saturated heterocycles. The third kappa shape index (κ3) is 3.29. The van der Waals surface area contributed by atoms with Crippen LogP contribution >= 0.6 is 12.4 Å². The second-order valence-electron chi connectivity index (χ2n) is 6.51. The first-order valence-electron chi connectivity index (χ1n) is 7.55. The molecule has 5 heteroatoms. The number of aryl methyl sites for hydroxylation is 1. The second-order valence-corrected chi connectivity index (χ2v) is 6.51. The Kier molecular flexibility index (Phi) is 6.02. The highest BCUT2D eigenvalue weighted by Crippen LogP contribution is 2.49. The van der Waals surface area contributed by atoms with E-state index < -0.39 is 5.54 Å². The van der Waals surface area contributed by atoms with Crippen LogP contribution in [-0.4, -0.2) is 24.2 Å². The number of nitrogens with one attached hydrogen (secondary N) is 1. The molecular weight excluding hydrogens is 300 g/mol. The van der Waals surface area contributed by atoms with Gasteiger partial charge in [0.25, 0.3) is 0 Å². The summed E-state index contributed by atoms with van der Waals surface area (Å²) < 4.78 is 5.65. The van der Waals surface area contributed by atoms with Gasteiger partial charge in [-0.2, -0.15) is 0 Å². The molecule has 1 aromatic rings. The van der Waals surface area contributed by atoms with Crippen molar-refractivity contribution in [2.45, 2.75) is 52.3 Å². The number of nitrogens with two attached hydrogens (primary N) is 1. The Morgan fingerprint density at radius 2 is 1.95 bits per heavy atom. The summed E-state index contributed by atoms with van der Waals surface area (Å²) in [5.41, 5.74) is 7.43. The zero-order chi connectivity index (χ0) is 15.7. The molecule has 1 amide bonds. The maximum Gasteiger partial charge on any atom is 0.241 e. The molecule has 2 unspecified atom stereocenters. The van der Waals surface area contributed by atoms with Gasteiger partial charge in [-0.15, -0.1) is 12.4 Å². The Morgan fingerprint density at radius 3 is 2.45 bits per heavy atom. The summed E-state index contributed by atoms with van der Waals surface area (Å²) in [6.45, 7) is 9.17. The number of halogens is 1. The Hall–Kier alpha value is -1.10. The van der Waals surface area contributed by atoms with E-state index in [0.29, 0.717) is 19.6 Å². The quantitative estimate of drug-likeness (QED) is 0.874. The third-order valence-corrected chi connectivity index (χ3v) is 4.81. The molecule has 0 aliphatic heterocycles. The van der Waals surface area contributed by atoms with Crippen molar-refractivity contribution >= 4 is 18.3 Å². The Bertz CT molecular complexity index is 516. The van der Waals surface area contributed by atoms with E-state index in [2.05, 4.69) is 5.32 Å². The molecule has 1 saturated carbocycles. The topological polar surface area (TPSA) is 64.3 Å². The molecule has 3 N–H and O–H groups in total. The van der Waals surface area contributed by atoms with Crippen LogP contribution in [0.5, 0.6) is 0 Å². The lowest BCUT2D eigenvalue weighted by atomic mass is 9.54. The van der Waals surface area contributed by atoms with Crippen LogP contribution in [-0.2, 0) is 16.1 Å². The molecule has 0 aromatic heterocycles. The fourth-order valence-corrected chi connectivity index (χ4v) is 2.87. The molecule has 124 valence electrons. The molecule has 4 nitrogen and oxygen atoms in total. The minimum absolute atomic E-state index is 0. The predicted octanol–water partition coefficient (Wildman–Crippen LogP) is 2.57. The van der Waals surface area contributed by atoms with E-state index in [1.807, 2.05) is 52.0 Å². The summed E-state index contributed by atoms with van der Waals surface area (Å²) in [5, 5.41) is 2.96. The lowest BCUT2D eigenvalue weighted by Gasteiger charge is -2.57. The van der Waals surface area contributed by atoms with Gasteiger partial charge in [0.05, 0.1) is 6.10 Å². The van der Waals surface area contributed by atoms with Gasteiger partial charge in [0.2, 0.25) is 5.91 Å². The number of hydrogen-bond acceptors (Lipinski definition) is 3. The van der Waals surface area contributed by atoms with Gasteiger partial charge >= 0.3 is 0 Å². The first kappa shape index (κ1) is 18.9. The molecule has 0 spiro atoms. The van der Waals surface area contributed by atoms with Gasteiger partial charge in [0, 0.05) is 25.0 Å². The van der Waals surface area contributed by atoms with Gasteiger partial charge in [-0.25, -0.2) is 0 Å². The van der Waals surface area contributed by atoms with E-state index in [1.165, 1.54) is 5.56 Å². The molecule has 1 fully saturated rings. The first-order chi connectivity index (χ1) is 9.81. The van der Waals surface area contributed by atoms with Crippen molar-refractivity contribution in [1.82, 2.24) is 5.32 Å². The summed E-state index contributed by atoms with van der Waals surface area (Å²) in [4.78, 5) is 12.5. The first-order valence-corrected chi connectivity index (χ1v) is 7.55. The zero-order valence-electron chi connectivity index (χ0n) is 13.8. The lowest BCUT2D eigenvalue weighted by molar-refractivity contribution is -0.170. The number of rotatable bonds is 5. The zero-order valence-corrected chi connectivity index (χ0v) is 14.6. The molecule has 1 aliphatic carbocycles. The standard InChI is InChI=1S/C17H26N2O2.ClH/c1-5-21-14-10-17(18,16(14,3)4)15(20)19-11-13-8-6-12(2)7-9-13;/h6-9,14H,5,10-11,18H2,1-4H3,(H,19,20);1H. The van der Waals surface area contributed by atoms with E-state index in [-0.39, 0.29) is 29.8 Å². The van der Waals surface area contributed by atoms with Crippen LogP contribution in [0.4, 0.5) is 0 Å². The highest BCUT2D eigenvalue weighted by molar-refractivity contribution is 5.88. The van der Waals surface area contributed by atoms with Gasteiger partial charge < -0.3 is 15.8 Å². The molecular formula is C17H27ClN2O2. The number of carbonyl (C=O) groups is 1. The number of ether oxygens (including phenoxy) is 1. The van der Waals surface area contributed by atoms with Gasteiger partial charge in [-0.05, 0) is 19.4 Å². The summed E-state index contributed by atoms with van der Waals surface area (Å²) in [7, 11) is 0. The van der Waals surface area contributed by atoms with Crippen LogP contribution in [0.15, 0.2) is 24.3 Å². The van der Waals surface area contributed by atoms with Gasteiger partial charge in [-0.3, -0.25) is 4.79 Å². The molecule has 1 aromatic carbocycles. The highest BCUT2D eigenvalue weighted by atomic mass is 35.5. The normalized spacial score (nSPS) is 25.8. The van der Waals surface area contributed by atoms with Crippen molar-refractivity contribution in [3.63, 3.8) is 0 Å². The molecule has 22 heavy (non-hydrogen) atoms. The third-order valence-electron chi connectivity index (χ3n) is 4.81. The molecule has 2 rings (SSSR count). The highest BCUT2D eigenvalue weighted by Gasteiger charge is 2.62. The maximum atomic E-state index is 12.5. The molecule has 0 radical (unpaired) electrons. The van der Waals surface area contributed by atoms with E-state index in [4.69, 9.17) is 10.5 Å². The van der Waals surface area contributed by atoms with Crippen molar-refractivity contribution in [1.29, 1.82) is 0 Å². The van der Waals surface area contributed by atoms with Crippen molar-refractivity contribution < 1.29 is 9.53 Å².